The molecule has 8 nitrogen and oxygen atoms in total. The van der Waals surface area contributed by atoms with E-state index in [2.05, 4.69) is 13.8 Å². The standard InChI is InChI=1S/C32H40O8/c1-18-19(2)32(40-31(18)22-10-13-25(35-5)28(16-22)37-7)23-11-14-26(29(17-23)38-8)39-20(3)30(33)21-9-12-24(34-4)27(15-21)36-6/h9-20,30-33H,1-8H3/t18-,19+,20?,30?,31+,32-/m0/s1. The number of rotatable bonds is 11. The molecule has 0 saturated carbocycles. The second-order valence-electron chi connectivity index (χ2n) is 10.1. The van der Waals surface area contributed by atoms with Gasteiger partial charge in [0.1, 0.15) is 12.2 Å². The summed E-state index contributed by atoms with van der Waals surface area (Å²) in [5, 5.41) is 11.0. The van der Waals surface area contributed by atoms with Gasteiger partial charge < -0.3 is 38.3 Å². The zero-order valence-corrected chi connectivity index (χ0v) is 24.5. The Hall–Kier alpha value is -3.62. The molecule has 0 aromatic heterocycles. The number of hydrogen-bond acceptors (Lipinski definition) is 8. The van der Waals surface area contributed by atoms with Crippen molar-refractivity contribution >= 4 is 0 Å². The van der Waals surface area contributed by atoms with Gasteiger partial charge in [0.05, 0.1) is 47.8 Å². The van der Waals surface area contributed by atoms with Gasteiger partial charge in [-0.05, 0) is 71.8 Å². The first-order valence-corrected chi connectivity index (χ1v) is 13.4. The normalized spacial score (nSPS) is 21.8. The zero-order chi connectivity index (χ0) is 29.0. The largest absolute Gasteiger partial charge is 0.493 e. The fraction of sp³-hybridized carbons (Fsp3) is 0.438. The van der Waals surface area contributed by atoms with Gasteiger partial charge >= 0.3 is 0 Å². The molecular formula is C32H40O8. The van der Waals surface area contributed by atoms with Crippen molar-refractivity contribution in [2.75, 3.05) is 35.5 Å². The molecule has 6 atom stereocenters. The number of aliphatic hydroxyl groups excluding tert-OH is 1. The van der Waals surface area contributed by atoms with Gasteiger partial charge in [-0.2, -0.15) is 0 Å². The molecule has 4 rings (SSSR count). The molecule has 1 aliphatic heterocycles. The van der Waals surface area contributed by atoms with Crippen LogP contribution in [-0.4, -0.2) is 46.8 Å². The first-order chi connectivity index (χ1) is 19.3. The van der Waals surface area contributed by atoms with Crippen molar-refractivity contribution in [2.24, 2.45) is 11.8 Å². The highest BCUT2D eigenvalue weighted by atomic mass is 16.5. The highest BCUT2D eigenvalue weighted by Crippen LogP contribution is 2.50. The minimum absolute atomic E-state index is 0.0987. The molecule has 0 aliphatic carbocycles. The SMILES string of the molecule is COc1ccc(C(O)C(C)Oc2ccc([C@H]3O[C@@H](c4ccc(OC)c(OC)c4)[C@@H](C)[C@H]3C)cc2OC)cc1OC. The Labute approximate surface area is 236 Å². The Balaban J connectivity index is 1.52. The van der Waals surface area contributed by atoms with Crippen LogP contribution >= 0.6 is 0 Å². The number of benzene rings is 3. The zero-order valence-electron chi connectivity index (χ0n) is 24.5. The summed E-state index contributed by atoms with van der Waals surface area (Å²) in [4.78, 5) is 0. The third-order valence-electron chi connectivity index (χ3n) is 7.84. The smallest absolute Gasteiger partial charge is 0.161 e. The monoisotopic (exact) mass is 552 g/mol. The lowest BCUT2D eigenvalue weighted by Crippen LogP contribution is -2.22. The molecular weight excluding hydrogens is 512 g/mol. The van der Waals surface area contributed by atoms with Crippen molar-refractivity contribution in [3.8, 4) is 34.5 Å². The predicted molar refractivity (Wildman–Crippen MR) is 152 cm³/mol. The molecule has 0 bridgehead atoms. The topological polar surface area (TPSA) is 84.8 Å². The quantitative estimate of drug-likeness (QED) is 0.296. The van der Waals surface area contributed by atoms with Crippen molar-refractivity contribution in [3.05, 3.63) is 71.3 Å². The van der Waals surface area contributed by atoms with E-state index in [1.54, 1.807) is 53.7 Å². The molecule has 216 valence electrons. The highest BCUT2D eigenvalue weighted by Gasteiger charge is 2.41. The van der Waals surface area contributed by atoms with E-state index in [4.69, 9.17) is 33.2 Å². The van der Waals surface area contributed by atoms with Crippen molar-refractivity contribution in [3.63, 3.8) is 0 Å². The summed E-state index contributed by atoms with van der Waals surface area (Å²) in [7, 11) is 8.00. The van der Waals surface area contributed by atoms with Crippen LogP contribution in [0.5, 0.6) is 34.5 Å². The van der Waals surface area contributed by atoms with Crippen molar-refractivity contribution in [1.29, 1.82) is 0 Å². The molecule has 0 spiro atoms. The molecule has 3 aromatic rings. The van der Waals surface area contributed by atoms with Gasteiger partial charge in [-0.3, -0.25) is 0 Å². The summed E-state index contributed by atoms with van der Waals surface area (Å²) >= 11 is 0. The fourth-order valence-corrected chi connectivity index (χ4v) is 5.28. The molecule has 0 amide bonds. The molecule has 1 N–H and O–H groups in total. The van der Waals surface area contributed by atoms with E-state index < -0.39 is 12.2 Å². The van der Waals surface area contributed by atoms with Crippen LogP contribution in [0.3, 0.4) is 0 Å². The van der Waals surface area contributed by atoms with Gasteiger partial charge in [-0.25, -0.2) is 0 Å². The minimum atomic E-state index is -0.898. The van der Waals surface area contributed by atoms with Gasteiger partial charge in [-0.15, -0.1) is 0 Å². The highest BCUT2D eigenvalue weighted by molar-refractivity contribution is 5.46. The van der Waals surface area contributed by atoms with Crippen LogP contribution in [0.25, 0.3) is 0 Å². The summed E-state index contributed by atoms with van der Waals surface area (Å²) in [6, 6.07) is 17.1. The van der Waals surface area contributed by atoms with Crippen LogP contribution in [0, 0.1) is 11.8 Å². The van der Waals surface area contributed by atoms with Crippen LogP contribution < -0.4 is 28.4 Å². The lowest BCUT2D eigenvalue weighted by atomic mass is 9.85. The summed E-state index contributed by atoms with van der Waals surface area (Å²) < 4.78 is 40.1. The first kappa shape index (κ1) is 29.4. The maximum atomic E-state index is 11.0. The van der Waals surface area contributed by atoms with Crippen molar-refractivity contribution in [2.45, 2.75) is 45.2 Å². The first-order valence-electron chi connectivity index (χ1n) is 13.4. The fourth-order valence-electron chi connectivity index (χ4n) is 5.28. The number of methoxy groups -OCH3 is 5. The van der Waals surface area contributed by atoms with Gasteiger partial charge in [-0.1, -0.05) is 32.0 Å². The molecule has 1 fully saturated rings. The van der Waals surface area contributed by atoms with Crippen LogP contribution in [0.15, 0.2) is 54.6 Å². The van der Waals surface area contributed by atoms with Crippen LogP contribution in [0.4, 0.5) is 0 Å². The Bertz CT molecular complexity index is 1290. The Morgan fingerprint density at radius 1 is 0.600 bits per heavy atom. The molecule has 8 heteroatoms. The summed E-state index contributed by atoms with van der Waals surface area (Å²) in [6.07, 6.45) is -1.69. The van der Waals surface area contributed by atoms with Crippen molar-refractivity contribution < 1.29 is 38.3 Å². The molecule has 3 aromatic carbocycles. The van der Waals surface area contributed by atoms with Gasteiger partial charge in [0.25, 0.3) is 0 Å². The van der Waals surface area contributed by atoms with E-state index in [-0.39, 0.29) is 24.0 Å². The van der Waals surface area contributed by atoms with E-state index in [0.717, 1.165) is 11.1 Å². The average molecular weight is 553 g/mol. The van der Waals surface area contributed by atoms with Crippen LogP contribution in [-0.2, 0) is 4.74 Å². The predicted octanol–water partition coefficient (Wildman–Crippen LogP) is 6.32. The van der Waals surface area contributed by atoms with E-state index in [0.29, 0.717) is 40.1 Å². The Kier molecular flexibility index (Phi) is 9.32. The van der Waals surface area contributed by atoms with Gasteiger partial charge in [0.2, 0.25) is 0 Å². The Morgan fingerprint density at radius 2 is 1.02 bits per heavy atom. The van der Waals surface area contributed by atoms with Crippen molar-refractivity contribution in [1.82, 2.24) is 0 Å². The molecule has 2 unspecified atom stereocenters. The maximum absolute atomic E-state index is 11.0. The lowest BCUT2D eigenvalue weighted by molar-refractivity contribution is 0.0284. The van der Waals surface area contributed by atoms with Crippen LogP contribution in [0.2, 0.25) is 0 Å². The third-order valence-corrected chi connectivity index (χ3v) is 7.84. The second-order valence-corrected chi connectivity index (χ2v) is 10.1. The molecule has 1 saturated heterocycles. The molecule has 0 radical (unpaired) electrons. The van der Waals surface area contributed by atoms with Gasteiger partial charge in [0.15, 0.2) is 34.5 Å². The maximum Gasteiger partial charge on any atom is 0.161 e. The lowest BCUT2D eigenvalue weighted by Gasteiger charge is -2.24. The summed E-state index contributed by atoms with van der Waals surface area (Å²) in [6.45, 7) is 6.22. The van der Waals surface area contributed by atoms with E-state index in [9.17, 15) is 5.11 Å². The van der Waals surface area contributed by atoms with E-state index in [1.165, 1.54) is 0 Å². The number of ether oxygens (including phenoxy) is 7. The van der Waals surface area contributed by atoms with Gasteiger partial charge in [0, 0.05) is 0 Å². The summed E-state index contributed by atoms with van der Waals surface area (Å²) in [5.41, 5.74) is 2.70. The third kappa shape index (κ3) is 5.78. The minimum Gasteiger partial charge on any atom is -0.493 e. The van der Waals surface area contributed by atoms with E-state index in [1.807, 2.05) is 43.3 Å². The number of aliphatic hydroxyl groups is 1. The Morgan fingerprint density at radius 3 is 1.52 bits per heavy atom. The average Bonchev–Trinajstić information content (AvgIpc) is 3.29. The molecule has 1 heterocycles. The van der Waals surface area contributed by atoms with E-state index >= 15 is 0 Å². The summed E-state index contributed by atoms with van der Waals surface area (Å²) in [5.74, 6) is 4.12. The molecule has 40 heavy (non-hydrogen) atoms. The van der Waals surface area contributed by atoms with Crippen LogP contribution in [0.1, 0.15) is 55.8 Å². The molecule has 1 aliphatic rings. The number of hydrogen-bond donors (Lipinski definition) is 1. The second kappa shape index (κ2) is 12.7.